The Kier molecular flexibility index (Phi) is 6.71. The Morgan fingerprint density at radius 2 is 2.07 bits per heavy atom. The van der Waals surface area contributed by atoms with Crippen molar-refractivity contribution in [3.05, 3.63) is 30.9 Å². The molecule has 0 aromatic carbocycles. The van der Waals surface area contributed by atoms with Crippen molar-refractivity contribution in [2.75, 3.05) is 36.8 Å². The number of fused-ring (bicyclic) bond motifs is 1. The summed E-state index contributed by atoms with van der Waals surface area (Å²) in [7, 11) is 0. The number of hydrogen-bond donors (Lipinski definition) is 1. The van der Waals surface area contributed by atoms with Crippen LogP contribution >= 0.6 is 12.4 Å². The van der Waals surface area contributed by atoms with E-state index in [0.717, 1.165) is 38.3 Å². The standard InChI is InChI=1S/C20H26N8O.ClH/c1-3-26(4-2)20(29)14-7-5-9-27(12-14)16-11-15(23-13-24-16)17-18(21)25-28-10-6-8-22-19(17)28;/h6,8,10-11,13-14H,3-5,7,9,12H2,1-2H3,(H2,21,25);1H. The van der Waals surface area contributed by atoms with Crippen molar-refractivity contribution in [1.29, 1.82) is 0 Å². The number of aromatic nitrogens is 5. The molecule has 1 aliphatic rings. The zero-order valence-corrected chi connectivity index (χ0v) is 18.0. The number of amides is 1. The second-order valence-electron chi connectivity index (χ2n) is 7.21. The molecule has 3 aromatic heterocycles. The van der Waals surface area contributed by atoms with Crippen molar-refractivity contribution >= 4 is 35.6 Å². The van der Waals surface area contributed by atoms with Gasteiger partial charge in [-0.25, -0.2) is 19.5 Å². The predicted molar refractivity (Wildman–Crippen MR) is 119 cm³/mol. The summed E-state index contributed by atoms with van der Waals surface area (Å²) in [6.07, 6.45) is 6.91. The molecule has 160 valence electrons. The number of halogens is 1. The van der Waals surface area contributed by atoms with Crippen LogP contribution in [0, 0.1) is 5.92 Å². The normalized spacial score (nSPS) is 16.3. The van der Waals surface area contributed by atoms with E-state index >= 15 is 0 Å². The summed E-state index contributed by atoms with van der Waals surface area (Å²) in [5.74, 6) is 1.39. The monoisotopic (exact) mass is 430 g/mol. The topological polar surface area (TPSA) is 106 Å². The van der Waals surface area contributed by atoms with Crippen molar-refractivity contribution in [3.63, 3.8) is 0 Å². The fourth-order valence-corrected chi connectivity index (χ4v) is 3.99. The van der Waals surface area contributed by atoms with Gasteiger partial charge in [0.05, 0.1) is 17.2 Å². The molecule has 1 atom stereocenters. The minimum Gasteiger partial charge on any atom is -0.382 e. The first kappa shape index (κ1) is 21.8. The van der Waals surface area contributed by atoms with E-state index in [1.807, 2.05) is 24.8 Å². The minimum absolute atomic E-state index is 0. The van der Waals surface area contributed by atoms with Crippen molar-refractivity contribution in [3.8, 4) is 11.3 Å². The summed E-state index contributed by atoms with van der Waals surface area (Å²) in [6.45, 7) is 7.05. The molecule has 1 unspecified atom stereocenters. The molecule has 3 aromatic rings. The smallest absolute Gasteiger partial charge is 0.227 e. The molecule has 0 bridgehead atoms. The molecular weight excluding hydrogens is 404 g/mol. The number of nitrogens with two attached hydrogens (primary N) is 1. The molecule has 0 aliphatic carbocycles. The van der Waals surface area contributed by atoms with Gasteiger partial charge in [0.15, 0.2) is 11.5 Å². The van der Waals surface area contributed by atoms with Crippen LogP contribution in [0.25, 0.3) is 16.9 Å². The highest BCUT2D eigenvalue weighted by Crippen LogP contribution is 2.30. The average molecular weight is 431 g/mol. The fourth-order valence-electron chi connectivity index (χ4n) is 3.99. The third-order valence-electron chi connectivity index (χ3n) is 5.50. The van der Waals surface area contributed by atoms with E-state index in [0.29, 0.717) is 29.3 Å². The van der Waals surface area contributed by atoms with Gasteiger partial charge in [-0.1, -0.05) is 0 Å². The number of piperidine rings is 1. The van der Waals surface area contributed by atoms with Crippen LogP contribution < -0.4 is 10.6 Å². The van der Waals surface area contributed by atoms with Gasteiger partial charge in [0.1, 0.15) is 12.1 Å². The maximum atomic E-state index is 12.8. The van der Waals surface area contributed by atoms with Crippen molar-refractivity contribution in [1.82, 2.24) is 29.5 Å². The van der Waals surface area contributed by atoms with Gasteiger partial charge < -0.3 is 15.5 Å². The molecule has 1 amide bonds. The molecule has 4 rings (SSSR count). The first-order valence-electron chi connectivity index (χ1n) is 10.1. The number of nitrogen functional groups attached to an aromatic ring is 1. The highest BCUT2D eigenvalue weighted by Gasteiger charge is 2.29. The summed E-state index contributed by atoms with van der Waals surface area (Å²) in [5, 5.41) is 4.31. The minimum atomic E-state index is -0.00854. The molecule has 9 nitrogen and oxygen atoms in total. The summed E-state index contributed by atoms with van der Waals surface area (Å²) >= 11 is 0. The molecule has 0 spiro atoms. The quantitative estimate of drug-likeness (QED) is 0.661. The van der Waals surface area contributed by atoms with E-state index in [1.165, 1.54) is 6.33 Å². The Balaban J connectivity index is 0.00000256. The number of hydrogen-bond acceptors (Lipinski definition) is 7. The lowest BCUT2D eigenvalue weighted by Crippen LogP contribution is -2.45. The lowest BCUT2D eigenvalue weighted by molar-refractivity contribution is -0.135. The van der Waals surface area contributed by atoms with Crippen LogP contribution in [0.3, 0.4) is 0 Å². The first-order chi connectivity index (χ1) is 14.1. The third-order valence-corrected chi connectivity index (χ3v) is 5.50. The molecule has 10 heteroatoms. The number of carbonyl (C=O) groups is 1. The highest BCUT2D eigenvalue weighted by molar-refractivity contribution is 5.85. The summed E-state index contributed by atoms with van der Waals surface area (Å²) in [4.78, 5) is 30.1. The van der Waals surface area contributed by atoms with E-state index < -0.39 is 0 Å². The molecule has 1 fully saturated rings. The van der Waals surface area contributed by atoms with E-state index in [-0.39, 0.29) is 24.2 Å². The van der Waals surface area contributed by atoms with Crippen molar-refractivity contribution in [2.24, 2.45) is 5.92 Å². The number of rotatable bonds is 5. The third kappa shape index (κ3) is 4.02. The largest absolute Gasteiger partial charge is 0.382 e. The second-order valence-corrected chi connectivity index (χ2v) is 7.21. The van der Waals surface area contributed by atoms with Crippen molar-refractivity contribution < 1.29 is 4.79 Å². The molecule has 0 radical (unpaired) electrons. The van der Waals surface area contributed by atoms with Gasteiger partial charge in [-0.2, -0.15) is 0 Å². The van der Waals surface area contributed by atoms with Crippen LogP contribution in [-0.4, -0.2) is 61.6 Å². The Morgan fingerprint density at radius 1 is 1.27 bits per heavy atom. The van der Waals surface area contributed by atoms with Crippen molar-refractivity contribution in [2.45, 2.75) is 26.7 Å². The molecule has 1 saturated heterocycles. The highest BCUT2D eigenvalue weighted by atomic mass is 35.5. The zero-order valence-electron chi connectivity index (χ0n) is 17.2. The Morgan fingerprint density at radius 3 is 2.83 bits per heavy atom. The lowest BCUT2D eigenvalue weighted by atomic mass is 9.96. The van der Waals surface area contributed by atoms with Crippen LogP contribution in [0.1, 0.15) is 26.7 Å². The maximum absolute atomic E-state index is 12.8. The predicted octanol–water partition coefficient (Wildman–Crippen LogP) is 2.28. The average Bonchev–Trinajstić information content (AvgIpc) is 3.10. The van der Waals surface area contributed by atoms with Gasteiger partial charge in [0, 0.05) is 44.6 Å². The van der Waals surface area contributed by atoms with E-state index in [9.17, 15) is 4.79 Å². The van der Waals surface area contributed by atoms with Crippen LogP contribution in [0.15, 0.2) is 30.9 Å². The van der Waals surface area contributed by atoms with Gasteiger partial charge in [-0.05, 0) is 32.8 Å². The zero-order chi connectivity index (χ0) is 20.4. The van der Waals surface area contributed by atoms with Gasteiger partial charge in [-0.15, -0.1) is 17.5 Å². The van der Waals surface area contributed by atoms with Crippen LogP contribution in [0.2, 0.25) is 0 Å². The molecule has 0 saturated carbocycles. The van der Waals surface area contributed by atoms with Gasteiger partial charge in [0.25, 0.3) is 0 Å². The second kappa shape index (κ2) is 9.25. The summed E-state index contributed by atoms with van der Waals surface area (Å²) < 4.78 is 1.64. The first-order valence-corrected chi connectivity index (χ1v) is 10.1. The molecule has 2 N–H and O–H groups in total. The summed E-state index contributed by atoms with van der Waals surface area (Å²) in [5.41, 5.74) is 8.17. The Labute approximate surface area is 181 Å². The van der Waals surface area contributed by atoms with Gasteiger partial charge in [0.2, 0.25) is 5.91 Å². The molecule has 30 heavy (non-hydrogen) atoms. The van der Waals surface area contributed by atoms with Crippen LogP contribution in [-0.2, 0) is 4.79 Å². The number of anilines is 2. The van der Waals surface area contributed by atoms with Crippen LogP contribution in [0.5, 0.6) is 0 Å². The number of nitrogens with zero attached hydrogens (tertiary/aromatic N) is 7. The van der Waals surface area contributed by atoms with Gasteiger partial charge in [-0.3, -0.25) is 4.79 Å². The number of carbonyl (C=O) groups excluding carboxylic acids is 1. The van der Waals surface area contributed by atoms with E-state index in [2.05, 4.69) is 25.0 Å². The van der Waals surface area contributed by atoms with E-state index in [4.69, 9.17) is 5.73 Å². The Hall–Kier alpha value is -2.94. The van der Waals surface area contributed by atoms with Crippen LogP contribution in [0.4, 0.5) is 11.6 Å². The SMILES string of the molecule is CCN(CC)C(=O)C1CCCN(c2cc(-c3c(N)nn4cccnc34)ncn2)C1.Cl. The fraction of sp³-hybridized carbons (Fsp3) is 0.450. The van der Waals surface area contributed by atoms with Gasteiger partial charge >= 0.3 is 0 Å². The summed E-state index contributed by atoms with van der Waals surface area (Å²) in [6, 6.07) is 3.71. The lowest BCUT2D eigenvalue weighted by Gasteiger charge is -2.35. The Bertz CT molecular complexity index is 1020. The maximum Gasteiger partial charge on any atom is 0.227 e. The molecule has 1 aliphatic heterocycles. The molecule has 4 heterocycles. The van der Waals surface area contributed by atoms with E-state index in [1.54, 1.807) is 23.0 Å². The molecular formula is C20H27ClN8O.